The summed E-state index contributed by atoms with van der Waals surface area (Å²) in [5.74, 6) is 0.937. The van der Waals surface area contributed by atoms with Crippen molar-refractivity contribution >= 4 is 11.3 Å². The van der Waals surface area contributed by atoms with E-state index < -0.39 is 0 Å². The number of hydrogen-bond donors (Lipinski definition) is 0. The van der Waals surface area contributed by atoms with Crippen molar-refractivity contribution in [3.05, 3.63) is 58.5 Å². The molecule has 0 N–H and O–H groups in total. The quantitative estimate of drug-likeness (QED) is 0.690. The number of thiophene rings is 1. The summed E-state index contributed by atoms with van der Waals surface area (Å²) >= 11 is 1.79. The van der Waals surface area contributed by atoms with Crippen molar-refractivity contribution in [3.63, 3.8) is 0 Å². The Bertz CT molecular complexity index is 753. The predicted molar refractivity (Wildman–Crippen MR) is 95.3 cm³/mol. The molecule has 0 bridgehead atoms. The highest BCUT2D eigenvalue weighted by atomic mass is 32.1. The van der Waals surface area contributed by atoms with Gasteiger partial charge in [0.25, 0.3) is 0 Å². The minimum Gasteiger partial charge on any atom is -0.296 e. The summed E-state index contributed by atoms with van der Waals surface area (Å²) in [6.07, 6.45) is 4.54. The minimum absolute atomic E-state index is 0.598. The van der Waals surface area contributed by atoms with Gasteiger partial charge in [-0.2, -0.15) is 16.0 Å². The number of nitrogens with zero attached hydrogens (tertiary/aromatic N) is 5. The molecular weight excluding hydrogens is 318 g/mol. The van der Waals surface area contributed by atoms with Crippen LogP contribution < -0.4 is 0 Å². The van der Waals surface area contributed by atoms with Gasteiger partial charge in [-0.25, -0.2) is 0 Å². The van der Waals surface area contributed by atoms with Crippen LogP contribution in [-0.2, 0) is 6.42 Å². The Balaban J connectivity index is 1.37. The zero-order valence-corrected chi connectivity index (χ0v) is 14.4. The Morgan fingerprint density at radius 3 is 2.92 bits per heavy atom. The Kier molecular flexibility index (Phi) is 4.66. The van der Waals surface area contributed by atoms with E-state index in [2.05, 4.69) is 37.3 Å². The van der Waals surface area contributed by atoms with E-state index in [0.717, 1.165) is 30.9 Å². The molecule has 3 aromatic rings. The summed E-state index contributed by atoms with van der Waals surface area (Å²) in [5.41, 5.74) is 2.50. The minimum atomic E-state index is 0.598. The van der Waals surface area contributed by atoms with E-state index in [0.29, 0.717) is 6.04 Å². The van der Waals surface area contributed by atoms with Gasteiger partial charge in [-0.15, -0.1) is 5.10 Å². The molecule has 1 aliphatic rings. The van der Waals surface area contributed by atoms with Crippen molar-refractivity contribution in [1.82, 2.24) is 25.1 Å². The van der Waals surface area contributed by atoms with Gasteiger partial charge in [0.05, 0.1) is 5.69 Å². The highest BCUT2D eigenvalue weighted by molar-refractivity contribution is 7.07. The maximum atomic E-state index is 4.21. The first-order valence-electron chi connectivity index (χ1n) is 8.50. The molecule has 2 aromatic heterocycles. The molecule has 0 amide bonds. The van der Waals surface area contributed by atoms with Gasteiger partial charge in [-0.3, -0.25) is 4.90 Å². The Hall–Kier alpha value is -2.05. The Morgan fingerprint density at radius 2 is 2.08 bits per heavy atom. The predicted octanol–water partition coefficient (Wildman–Crippen LogP) is 3.49. The second kappa shape index (κ2) is 7.23. The van der Waals surface area contributed by atoms with Gasteiger partial charge in [-0.1, -0.05) is 18.2 Å². The summed E-state index contributed by atoms with van der Waals surface area (Å²) in [4.78, 5) is 2.61. The van der Waals surface area contributed by atoms with Gasteiger partial charge in [-0.05, 0) is 77.3 Å². The lowest BCUT2D eigenvalue weighted by Gasteiger charge is -2.23. The molecule has 1 fully saturated rings. The number of rotatable bonds is 6. The summed E-state index contributed by atoms with van der Waals surface area (Å²) in [6.45, 7) is 2.30. The monoisotopic (exact) mass is 339 g/mol. The molecule has 0 radical (unpaired) electrons. The topological polar surface area (TPSA) is 46.8 Å². The fraction of sp³-hybridized carbons (Fsp3) is 0.389. The number of aryl methyl sites for hydroxylation is 1. The van der Waals surface area contributed by atoms with Crippen LogP contribution in [0.2, 0.25) is 0 Å². The normalized spacial score (nSPS) is 18.2. The third kappa shape index (κ3) is 3.25. The van der Waals surface area contributed by atoms with Crippen LogP contribution in [0, 0.1) is 0 Å². The molecule has 0 saturated carbocycles. The van der Waals surface area contributed by atoms with E-state index in [-0.39, 0.29) is 0 Å². The number of aromatic nitrogens is 4. The highest BCUT2D eigenvalue weighted by Crippen LogP contribution is 2.33. The van der Waals surface area contributed by atoms with Crippen LogP contribution in [0.3, 0.4) is 0 Å². The Morgan fingerprint density at radius 1 is 1.17 bits per heavy atom. The molecule has 0 spiro atoms. The molecule has 3 heterocycles. The standard InChI is InChI=1S/C18H21N5S/c1-2-6-16(7-3-1)23-18(19-20-21-23)9-5-12-22-11-4-8-17(22)15-10-13-24-14-15/h1-3,6-7,10,13-14,17H,4-5,8-9,11-12H2. The first-order chi connectivity index (χ1) is 11.9. The van der Waals surface area contributed by atoms with E-state index in [9.17, 15) is 0 Å². The molecule has 5 nitrogen and oxygen atoms in total. The van der Waals surface area contributed by atoms with E-state index in [4.69, 9.17) is 0 Å². The molecule has 124 valence electrons. The van der Waals surface area contributed by atoms with Gasteiger partial charge in [0.2, 0.25) is 0 Å². The second-order valence-electron chi connectivity index (χ2n) is 6.20. The SMILES string of the molecule is c1ccc(-n2nnnc2CCCN2CCCC2c2ccsc2)cc1. The third-order valence-electron chi connectivity index (χ3n) is 4.67. The van der Waals surface area contributed by atoms with Crippen LogP contribution in [-0.4, -0.2) is 38.2 Å². The summed E-state index contributed by atoms with van der Waals surface area (Å²) < 4.78 is 1.85. The van der Waals surface area contributed by atoms with Gasteiger partial charge < -0.3 is 0 Å². The lowest BCUT2D eigenvalue weighted by atomic mass is 10.1. The molecular formula is C18H21N5S. The van der Waals surface area contributed by atoms with Gasteiger partial charge >= 0.3 is 0 Å². The molecule has 1 aliphatic heterocycles. The molecule has 6 heteroatoms. The van der Waals surface area contributed by atoms with Crippen molar-refractivity contribution in [2.45, 2.75) is 31.7 Å². The maximum absolute atomic E-state index is 4.21. The van der Waals surface area contributed by atoms with Gasteiger partial charge in [0, 0.05) is 12.5 Å². The first kappa shape index (κ1) is 15.5. The largest absolute Gasteiger partial charge is 0.296 e. The fourth-order valence-electron chi connectivity index (χ4n) is 3.51. The third-order valence-corrected chi connectivity index (χ3v) is 5.37. The van der Waals surface area contributed by atoms with E-state index in [1.54, 1.807) is 11.3 Å². The van der Waals surface area contributed by atoms with Crippen LogP contribution in [0.1, 0.15) is 36.7 Å². The Labute approximate surface area is 145 Å². The number of hydrogen-bond acceptors (Lipinski definition) is 5. The van der Waals surface area contributed by atoms with Crippen LogP contribution in [0.4, 0.5) is 0 Å². The van der Waals surface area contributed by atoms with Crippen LogP contribution >= 0.6 is 11.3 Å². The molecule has 1 saturated heterocycles. The smallest absolute Gasteiger partial charge is 0.156 e. The first-order valence-corrected chi connectivity index (χ1v) is 9.45. The zero-order chi connectivity index (χ0) is 16.2. The molecule has 0 aliphatic carbocycles. The maximum Gasteiger partial charge on any atom is 0.156 e. The van der Waals surface area contributed by atoms with Crippen LogP contribution in [0.15, 0.2) is 47.2 Å². The average molecular weight is 339 g/mol. The van der Waals surface area contributed by atoms with Crippen molar-refractivity contribution in [1.29, 1.82) is 0 Å². The second-order valence-corrected chi connectivity index (χ2v) is 6.98. The molecule has 4 rings (SSSR count). The molecule has 1 atom stereocenters. The van der Waals surface area contributed by atoms with Crippen molar-refractivity contribution in [3.8, 4) is 5.69 Å². The van der Waals surface area contributed by atoms with Crippen molar-refractivity contribution < 1.29 is 0 Å². The number of para-hydroxylation sites is 1. The fourth-order valence-corrected chi connectivity index (χ4v) is 4.21. The van der Waals surface area contributed by atoms with E-state index in [1.807, 2.05) is 35.0 Å². The lowest BCUT2D eigenvalue weighted by molar-refractivity contribution is 0.254. The molecule has 1 unspecified atom stereocenters. The van der Waals surface area contributed by atoms with Crippen molar-refractivity contribution in [2.75, 3.05) is 13.1 Å². The molecule has 24 heavy (non-hydrogen) atoms. The van der Waals surface area contributed by atoms with Crippen LogP contribution in [0.5, 0.6) is 0 Å². The zero-order valence-electron chi connectivity index (χ0n) is 13.6. The molecule has 1 aromatic carbocycles. The van der Waals surface area contributed by atoms with Crippen LogP contribution in [0.25, 0.3) is 5.69 Å². The number of benzene rings is 1. The number of tetrazole rings is 1. The van der Waals surface area contributed by atoms with Gasteiger partial charge in [0.1, 0.15) is 0 Å². The number of likely N-dealkylation sites (tertiary alicyclic amines) is 1. The summed E-state index contributed by atoms with van der Waals surface area (Å²) in [6, 6.07) is 13.0. The van der Waals surface area contributed by atoms with Gasteiger partial charge in [0.15, 0.2) is 5.82 Å². The van der Waals surface area contributed by atoms with E-state index in [1.165, 1.54) is 24.9 Å². The lowest BCUT2D eigenvalue weighted by Crippen LogP contribution is -2.24. The van der Waals surface area contributed by atoms with E-state index >= 15 is 0 Å². The average Bonchev–Trinajstić information content (AvgIpc) is 3.37. The summed E-state index contributed by atoms with van der Waals surface area (Å²) in [5, 5.41) is 16.7. The van der Waals surface area contributed by atoms with Crippen molar-refractivity contribution in [2.24, 2.45) is 0 Å². The highest BCUT2D eigenvalue weighted by Gasteiger charge is 2.25. The summed E-state index contributed by atoms with van der Waals surface area (Å²) in [7, 11) is 0.